The Morgan fingerprint density at radius 2 is 1.95 bits per heavy atom. The average Bonchev–Trinajstić information content (AvgIpc) is 2.94. The van der Waals surface area contributed by atoms with Crippen molar-refractivity contribution in [2.45, 2.75) is 12.8 Å². The number of anilines is 2. The van der Waals surface area contributed by atoms with Crippen LogP contribution in [0, 0.1) is 5.82 Å². The van der Waals surface area contributed by atoms with E-state index in [1.807, 2.05) is 6.07 Å². The number of benzene rings is 2. The van der Waals surface area contributed by atoms with Crippen molar-refractivity contribution in [1.29, 1.82) is 0 Å². The zero-order valence-electron chi connectivity index (χ0n) is 11.9. The first-order chi connectivity index (χ1) is 10.6. The molecule has 0 atom stereocenters. The Bertz CT molecular complexity index is 730. The molecular formula is C17H15FN2O2. The number of hydrogen-bond acceptors (Lipinski definition) is 2. The van der Waals surface area contributed by atoms with Crippen LogP contribution in [0.15, 0.2) is 48.5 Å². The normalized spacial score (nSPS) is 14.2. The van der Waals surface area contributed by atoms with Crippen LogP contribution in [0.25, 0.3) is 0 Å². The first kappa shape index (κ1) is 14.3. The van der Waals surface area contributed by atoms with Gasteiger partial charge < -0.3 is 10.2 Å². The highest BCUT2D eigenvalue weighted by molar-refractivity contribution is 6.05. The molecule has 0 spiro atoms. The predicted molar refractivity (Wildman–Crippen MR) is 82.4 cm³/mol. The molecule has 0 bridgehead atoms. The molecule has 5 heteroatoms. The molecule has 0 saturated carbocycles. The molecule has 2 aromatic carbocycles. The highest BCUT2D eigenvalue weighted by Gasteiger charge is 2.22. The van der Waals surface area contributed by atoms with Gasteiger partial charge in [-0.25, -0.2) is 4.39 Å². The topological polar surface area (TPSA) is 49.4 Å². The van der Waals surface area contributed by atoms with Crippen molar-refractivity contribution < 1.29 is 14.0 Å². The van der Waals surface area contributed by atoms with Crippen molar-refractivity contribution in [3.05, 3.63) is 59.9 Å². The molecule has 3 rings (SSSR count). The summed E-state index contributed by atoms with van der Waals surface area (Å²) in [6.07, 6.45) is 1.39. The summed E-state index contributed by atoms with van der Waals surface area (Å²) in [5, 5.41) is 2.66. The van der Waals surface area contributed by atoms with Crippen LogP contribution in [0.3, 0.4) is 0 Å². The first-order valence-electron chi connectivity index (χ1n) is 7.11. The quantitative estimate of drug-likeness (QED) is 0.946. The number of rotatable bonds is 3. The van der Waals surface area contributed by atoms with Crippen molar-refractivity contribution in [1.82, 2.24) is 0 Å². The van der Waals surface area contributed by atoms with Gasteiger partial charge >= 0.3 is 0 Å². The second kappa shape index (κ2) is 5.97. The van der Waals surface area contributed by atoms with Crippen molar-refractivity contribution in [2.75, 3.05) is 16.8 Å². The summed E-state index contributed by atoms with van der Waals surface area (Å²) in [7, 11) is 0. The van der Waals surface area contributed by atoms with Gasteiger partial charge in [0.25, 0.3) is 5.91 Å². The Kier molecular flexibility index (Phi) is 3.87. The molecule has 0 aromatic heterocycles. The molecule has 1 heterocycles. The molecule has 1 saturated heterocycles. The van der Waals surface area contributed by atoms with Gasteiger partial charge in [0.2, 0.25) is 5.91 Å². The minimum absolute atomic E-state index is 0.00912. The van der Waals surface area contributed by atoms with E-state index in [0.717, 1.165) is 12.1 Å². The molecule has 2 amide bonds. The fourth-order valence-electron chi connectivity index (χ4n) is 2.52. The van der Waals surface area contributed by atoms with Gasteiger partial charge in [-0.15, -0.1) is 0 Å². The van der Waals surface area contributed by atoms with Crippen LogP contribution in [0.2, 0.25) is 0 Å². The largest absolute Gasteiger partial charge is 0.322 e. The summed E-state index contributed by atoms with van der Waals surface area (Å²) < 4.78 is 13.6. The number of amides is 2. The minimum atomic E-state index is -0.564. The summed E-state index contributed by atoms with van der Waals surface area (Å²) in [6, 6.07) is 12.8. The van der Waals surface area contributed by atoms with Gasteiger partial charge in [-0.3, -0.25) is 9.59 Å². The smallest absolute Gasteiger partial charge is 0.258 e. The molecule has 0 unspecified atom stereocenters. The Morgan fingerprint density at radius 3 is 2.68 bits per heavy atom. The standard InChI is InChI=1S/C17H15FN2O2/c18-15-8-2-1-7-14(15)17(22)19-12-5-3-6-13(11-12)20-10-4-9-16(20)21/h1-3,5-8,11H,4,9-10H2,(H,19,22). The van der Waals surface area contributed by atoms with E-state index in [-0.39, 0.29) is 11.5 Å². The van der Waals surface area contributed by atoms with Gasteiger partial charge in [0, 0.05) is 24.3 Å². The van der Waals surface area contributed by atoms with Crippen LogP contribution < -0.4 is 10.2 Å². The van der Waals surface area contributed by atoms with Gasteiger partial charge in [0.15, 0.2) is 0 Å². The molecule has 2 aromatic rings. The molecular weight excluding hydrogens is 283 g/mol. The van der Waals surface area contributed by atoms with E-state index < -0.39 is 11.7 Å². The van der Waals surface area contributed by atoms with E-state index in [9.17, 15) is 14.0 Å². The number of halogens is 1. The third-order valence-electron chi connectivity index (χ3n) is 3.61. The van der Waals surface area contributed by atoms with Crippen molar-refractivity contribution in [3.8, 4) is 0 Å². The van der Waals surface area contributed by atoms with Crippen LogP contribution in [-0.4, -0.2) is 18.4 Å². The van der Waals surface area contributed by atoms with Gasteiger partial charge in [-0.05, 0) is 36.8 Å². The maximum absolute atomic E-state index is 13.6. The van der Waals surface area contributed by atoms with Crippen molar-refractivity contribution in [2.24, 2.45) is 0 Å². The monoisotopic (exact) mass is 298 g/mol. The molecule has 4 nitrogen and oxygen atoms in total. The highest BCUT2D eigenvalue weighted by Crippen LogP contribution is 2.24. The van der Waals surface area contributed by atoms with E-state index in [1.54, 1.807) is 29.2 Å². The molecule has 0 aliphatic carbocycles. The van der Waals surface area contributed by atoms with Gasteiger partial charge in [0.05, 0.1) is 5.56 Å². The highest BCUT2D eigenvalue weighted by atomic mass is 19.1. The van der Waals surface area contributed by atoms with Crippen molar-refractivity contribution in [3.63, 3.8) is 0 Å². The number of hydrogen-bond donors (Lipinski definition) is 1. The van der Waals surface area contributed by atoms with E-state index >= 15 is 0 Å². The summed E-state index contributed by atoms with van der Waals surface area (Å²) >= 11 is 0. The lowest BCUT2D eigenvalue weighted by Crippen LogP contribution is -2.23. The fourth-order valence-corrected chi connectivity index (χ4v) is 2.52. The Labute approximate surface area is 127 Å². The Balaban J connectivity index is 1.80. The van der Waals surface area contributed by atoms with Crippen LogP contribution in [0.4, 0.5) is 15.8 Å². The van der Waals surface area contributed by atoms with Gasteiger partial charge in [-0.1, -0.05) is 18.2 Å². The van der Waals surface area contributed by atoms with E-state index in [2.05, 4.69) is 5.32 Å². The maximum Gasteiger partial charge on any atom is 0.258 e. The minimum Gasteiger partial charge on any atom is -0.322 e. The first-order valence-corrected chi connectivity index (χ1v) is 7.11. The molecule has 0 radical (unpaired) electrons. The van der Waals surface area contributed by atoms with Crippen LogP contribution in [-0.2, 0) is 4.79 Å². The fraction of sp³-hybridized carbons (Fsp3) is 0.176. The third kappa shape index (κ3) is 2.83. The lowest BCUT2D eigenvalue weighted by Gasteiger charge is -2.16. The van der Waals surface area contributed by atoms with Crippen LogP contribution in [0.1, 0.15) is 23.2 Å². The SMILES string of the molecule is O=C(Nc1cccc(N2CCCC2=O)c1)c1ccccc1F. The van der Waals surface area contributed by atoms with Gasteiger partial charge in [0.1, 0.15) is 5.82 Å². The zero-order valence-corrected chi connectivity index (χ0v) is 11.9. The second-order valence-electron chi connectivity index (χ2n) is 5.13. The maximum atomic E-state index is 13.6. The molecule has 1 aliphatic rings. The summed E-state index contributed by atoms with van der Waals surface area (Å²) in [5.74, 6) is -0.994. The lowest BCUT2D eigenvalue weighted by molar-refractivity contribution is -0.117. The molecule has 22 heavy (non-hydrogen) atoms. The van der Waals surface area contributed by atoms with E-state index in [4.69, 9.17) is 0 Å². The number of carbonyl (C=O) groups excluding carboxylic acids is 2. The zero-order chi connectivity index (χ0) is 15.5. The van der Waals surface area contributed by atoms with Gasteiger partial charge in [-0.2, -0.15) is 0 Å². The molecule has 1 aliphatic heterocycles. The molecule has 112 valence electrons. The Hall–Kier alpha value is -2.69. The van der Waals surface area contributed by atoms with Crippen molar-refractivity contribution >= 4 is 23.2 Å². The molecule has 1 fully saturated rings. The Morgan fingerprint density at radius 1 is 1.14 bits per heavy atom. The van der Waals surface area contributed by atoms with Crippen LogP contribution >= 0.6 is 0 Å². The third-order valence-corrected chi connectivity index (χ3v) is 3.61. The van der Waals surface area contributed by atoms with E-state index in [1.165, 1.54) is 18.2 Å². The predicted octanol–water partition coefficient (Wildman–Crippen LogP) is 3.20. The summed E-state index contributed by atoms with van der Waals surface area (Å²) in [5.41, 5.74) is 1.27. The van der Waals surface area contributed by atoms with Crippen LogP contribution in [0.5, 0.6) is 0 Å². The summed E-state index contributed by atoms with van der Waals surface area (Å²) in [6.45, 7) is 0.684. The molecule has 1 N–H and O–H groups in total. The number of carbonyl (C=O) groups is 2. The lowest BCUT2D eigenvalue weighted by atomic mass is 10.2. The number of nitrogens with zero attached hydrogens (tertiary/aromatic N) is 1. The second-order valence-corrected chi connectivity index (χ2v) is 5.13. The van der Waals surface area contributed by atoms with E-state index in [0.29, 0.717) is 18.7 Å². The summed E-state index contributed by atoms with van der Waals surface area (Å²) in [4.78, 5) is 25.6. The number of nitrogens with one attached hydrogen (secondary N) is 1. The average molecular weight is 298 g/mol.